The number of anilines is 4. The number of amides is 2. The number of carbonyl (C=O) groups excluding carboxylic acids is 1. The lowest BCUT2D eigenvalue weighted by Gasteiger charge is -2.11. The van der Waals surface area contributed by atoms with Crippen LogP contribution in [0.3, 0.4) is 0 Å². The van der Waals surface area contributed by atoms with E-state index in [9.17, 15) is 4.79 Å². The van der Waals surface area contributed by atoms with E-state index in [0.717, 1.165) is 11.3 Å². The molecule has 2 aromatic heterocycles. The fourth-order valence-electron chi connectivity index (χ4n) is 2.47. The van der Waals surface area contributed by atoms with Crippen molar-refractivity contribution in [2.24, 2.45) is 0 Å². The van der Waals surface area contributed by atoms with Gasteiger partial charge in [-0.25, -0.2) is 19.7 Å². The van der Waals surface area contributed by atoms with Gasteiger partial charge in [-0.05, 0) is 38.1 Å². The smallest absolute Gasteiger partial charge is 0.319 e. The van der Waals surface area contributed by atoms with Crippen LogP contribution in [-0.2, 0) is 0 Å². The summed E-state index contributed by atoms with van der Waals surface area (Å²) < 4.78 is 0. The van der Waals surface area contributed by atoms with E-state index >= 15 is 0 Å². The molecular formula is C20H23N7O. The SMILES string of the molecule is Cc1ccc(NC(=O)NCCNc2cc(Nc3ccccn3)nc(C)n2)cc1. The molecule has 3 aromatic rings. The topological polar surface area (TPSA) is 104 Å². The minimum absolute atomic E-state index is 0.248. The summed E-state index contributed by atoms with van der Waals surface area (Å²) in [6, 6.07) is 14.8. The Morgan fingerprint density at radius 3 is 2.46 bits per heavy atom. The van der Waals surface area contributed by atoms with Crippen molar-refractivity contribution in [3.63, 3.8) is 0 Å². The second-order valence-electron chi connectivity index (χ2n) is 6.20. The fourth-order valence-corrected chi connectivity index (χ4v) is 2.47. The molecule has 0 spiro atoms. The highest BCUT2D eigenvalue weighted by atomic mass is 16.2. The van der Waals surface area contributed by atoms with Crippen LogP contribution in [0.1, 0.15) is 11.4 Å². The first kappa shape index (κ1) is 19.1. The first-order chi connectivity index (χ1) is 13.6. The second-order valence-corrected chi connectivity index (χ2v) is 6.20. The molecule has 0 atom stereocenters. The van der Waals surface area contributed by atoms with E-state index in [1.165, 1.54) is 0 Å². The van der Waals surface area contributed by atoms with Gasteiger partial charge in [-0.3, -0.25) is 0 Å². The van der Waals surface area contributed by atoms with Crippen molar-refractivity contribution in [1.29, 1.82) is 0 Å². The van der Waals surface area contributed by atoms with Crippen molar-refractivity contribution in [2.45, 2.75) is 13.8 Å². The number of pyridine rings is 1. The van der Waals surface area contributed by atoms with E-state index < -0.39 is 0 Å². The maximum absolute atomic E-state index is 11.9. The highest BCUT2D eigenvalue weighted by molar-refractivity contribution is 5.89. The van der Waals surface area contributed by atoms with E-state index in [1.807, 2.05) is 56.3 Å². The first-order valence-corrected chi connectivity index (χ1v) is 8.97. The monoisotopic (exact) mass is 377 g/mol. The van der Waals surface area contributed by atoms with Crippen molar-refractivity contribution in [1.82, 2.24) is 20.3 Å². The molecule has 0 radical (unpaired) electrons. The summed E-state index contributed by atoms with van der Waals surface area (Å²) in [7, 11) is 0. The maximum atomic E-state index is 11.9. The molecule has 2 heterocycles. The molecule has 8 heteroatoms. The number of aryl methyl sites for hydroxylation is 2. The van der Waals surface area contributed by atoms with E-state index in [2.05, 4.69) is 36.2 Å². The number of nitrogens with one attached hydrogen (secondary N) is 4. The number of hydrogen-bond acceptors (Lipinski definition) is 6. The average Bonchev–Trinajstić information content (AvgIpc) is 2.67. The van der Waals surface area contributed by atoms with Crippen LogP contribution in [0.2, 0.25) is 0 Å². The average molecular weight is 377 g/mol. The Kier molecular flexibility index (Phi) is 6.35. The van der Waals surface area contributed by atoms with Crippen molar-refractivity contribution in [3.05, 3.63) is 66.1 Å². The normalized spacial score (nSPS) is 10.2. The molecular weight excluding hydrogens is 354 g/mol. The van der Waals surface area contributed by atoms with Gasteiger partial charge in [0.25, 0.3) is 0 Å². The quantitative estimate of drug-likeness (QED) is 0.470. The zero-order chi connectivity index (χ0) is 19.8. The zero-order valence-corrected chi connectivity index (χ0v) is 15.9. The molecule has 2 amide bonds. The van der Waals surface area contributed by atoms with Gasteiger partial charge in [0.05, 0.1) is 0 Å². The lowest BCUT2D eigenvalue weighted by Crippen LogP contribution is -2.32. The lowest BCUT2D eigenvalue weighted by atomic mass is 10.2. The number of carbonyl (C=O) groups is 1. The van der Waals surface area contributed by atoms with Gasteiger partial charge in [0.2, 0.25) is 0 Å². The third kappa shape index (κ3) is 5.94. The molecule has 0 unspecified atom stereocenters. The fraction of sp³-hybridized carbons (Fsp3) is 0.200. The Bertz CT molecular complexity index is 914. The van der Waals surface area contributed by atoms with Gasteiger partial charge >= 0.3 is 6.03 Å². The number of urea groups is 1. The largest absolute Gasteiger partial charge is 0.368 e. The standard InChI is InChI=1S/C20H23N7O/c1-14-6-8-16(9-7-14)26-20(28)23-12-11-22-18-13-19(25-15(2)24-18)27-17-5-3-4-10-21-17/h3-10,13H,11-12H2,1-2H3,(H2,23,26,28)(H2,21,22,24,25,27). The molecule has 0 aliphatic heterocycles. The van der Waals surface area contributed by atoms with E-state index in [-0.39, 0.29) is 6.03 Å². The van der Waals surface area contributed by atoms with Crippen molar-refractivity contribution >= 4 is 29.2 Å². The molecule has 0 bridgehead atoms. The zero-order valence-electron chi connectivity index (χ0n) is 15.9. The van der Waals surface area contributed by atoms with Crippen molar-refractivity contribution < 1.29 is 4.79 Å². The number of hydrogen-bond donors (Lipinski definition) is 4. The van der Waals surface area contributed by atoms with E-state index in [1.54, 1.807) is 12.3 Å². The second kappa shape index (κ2) is 9.31. The molecule has 0 aliphatic rings. The summed E-state index contributed by atoms with van der Waals surface area (Å²) in [5, 5.41) is 11.9. The Hall–Kier alpha value is -3.68. The first-order valence-electron chi connectivity index (χ1n) is 8.97. The van der Waals surface area contributed by atoms with Crippen LogP contribution < -0.4 is 21.3 Å². The summed E-state index contributed by atoms with van der Waals surface area (Å²) >= 11 is 0. The molecule has 3 rings (SSSR count). The van der Waals surface area contributed by atoms with Crippen LogP contribution in [0.15, 0.2) is 54.7 Å². The molecule has 0 saturated carbocycles. The third-order valence-corrected chi connectivity index (χ3v) is 3.79. The van der Waals surface area contributed by atoms with Crippen molar-refractivity contribution in [2.75, 3.05) is 29.0 Å². The summed E-state index contributed by atoms with van der Waals surface area (Å²) in [6.45, 7) is 4.80. The molecule has 0 aliphatic carbocycles. The molecule has 0 saturated heterocycles. The number of nitrogens with zero attached hydrogens (tertiary/aromatic N) is 3. The highest BCUT2D eigenvalue weighted by Crippen LogP contribution is 2.15. The Morgan fingerprint density at radius 1 is 0.929 bits per heavy atom. The van der Waals surface area contributed by atoms with E-state index in [0.29, 0.717) is 36.4 Å². The Labute approximate surface area is 163 Å². The van der Waals surface area contributed by atoms with Crippen molar-refractivity contribution in [3.8, 4) is 0 Å². The third-order valence-electron chi connectivity index (χ3n) is 3.79. The molecule has 28 heavy (non-hydrogen) atoms. The maximum Gasteiger partial charge on any atom is 0.319 e. The summed E-state index contributed by atoms with van der Waals surface area (Å²) in [4.78, 5) is 24.9. The van der Waals surface area contributed by atoms with Gasteiger partial charge in [-0.2, -0.15) is 0 Å². The lowest BCUT2D eigenvalue weighted by molar-refractivity contribution is 0.252. The van der Waals surface area contributed by atoms with Gasteiger partial charge in [-0.1, -0.05) is 23.8 Å². The Morgan fingerprint density at radius 2 is 1.71 bits per heavy atom. The van der Waals surface area contributed by atoms with Crippen LogP contribution in [0, 0.1) is 13.8 Å². The van der Waals surface area contributed by atoms with Crippen LogP contribution in [-0.4, -0.2) is 34.1 Å². The van der Waals surface area contributed by atoms with Crippen LogP contribution in [0.4, 0.5) is 27.9 Å². The number of rotatable bonds is 7. The van der Waals surface area contributed by atoms with Gasteiger partial charge < -0.3 is 21.3 Å². The molecule has 0 fully saturated rings. The minimum Gasteiger partial charge on any atom is -0.368 e. The number of benzene rings is 1. The highest BCUT2D eigenvalue weighted by Gasteiger charge is 2.04. The summed E-state index contributed by atoms with van der Waals surface area (Å²) in [5.41, 5.74) is 1.90. The van der Waals surface area contributed by atoms with E-state index in [4.69, 9.17) is 0 Å². The molecule has 8 nitrogen and oxygen atoms in total. The predicted molar refractivity (Wildman–Crippen MR) is 111 cm³/mol. The molecule has 4 N–H and O–H groups in total. The van der Waals surface area contributed by atoms with Crippen LogP contribution in [0.5, 0.6) is 0 Å². The minimum atomic E-state index is -0.248. The summed E-state index contributed by atoms with van der Waals surface area (Å²) in [5.74, 6) is 2.67. The summed E-state index contributed by atoms with van der Waals surface area (Å²) in [6.07, 6.45) is 1.71. The number of aromatic nitrogens is 3. The predicted octanol–water partition coefficient (Wildman–Crippen LogP) is 3.47. The van der Waals surface area contributed by atoms with Gasteiger partial charge in [0.15, 0.2) is 0 Å². The van der Waals surface area contributed by atoms with Gasteiger partial charge in [0, 0.05) is 31.0 Å². The Balaban J connectivity index is 1.46. The van der Waals surface area contributed by atoms with Gasteiger partial charge in [0.1, 0.15) is 23.3 Å². The molecule has 144 valence electrons. The van der Waals surface area contributed by atoms with Crippen LogP contribution >= 0.6 is 0 Å². The molecule has 1 aromatic carbocycles. The van der Waals surface area contributed by atoms with Crippen LogP contribution in [0.25, 0.3) is 0 Å². The van der Waals surface area contributed by atoms with Gasteiger partial charge in [-0.15, -0.1) is 0 Å².